The first-order valence-corrected chi connectivity index (χ1v) is 8.80. The second-order valence-electron chi connectivity index (χ2n) is 5.59. The average molecular weight is 416 g/mol. The summed E-state index contributed by atoms with van der Waals surface area (Å²) in [5.74, 6) is -0.261. The van der Waals surface area contributed by atoms with E-state index in [2.05, 4.69) is 31.7 Å². The van der Waals surface area contributed by atoms with E-state index in [0.717, 1.165) is 0 Å². The number of para-hydroxylation sites is 1. The van der Waals surface area contributed by atoms with Crippen LogP contribution < -0.4 is 10.6 Å². The van der Waals surface area contributed by atoms with Crippen molar-refractivity contribution >= 4 is 51.3 Å². The van der Waals surface area contributed by atoms with E-state index in [9.17, 15) is 9.65 Å². The molecule has 3 rings (SSSR count). The monoisotopic (exact) mass is 415 g/mol. The van der Waals surface area contributed by atoms with Crippen molar-refractivity contribution in [2.75, 3.05) is 23.7 Å². The summed E-state index contributed by atoms with van der Waals surface area (Å²) in [5, 5.41) is 20.2. The quantitative estimate of drug-likeness (QED) is 0.222. The average Bonchev–Trinajstić information content (AvgIpc) is 2.69. The molecule has 0 amide bonds. The molecular weight excluding hydrogens is 404 g/mol. The molecule has 0 bridgehead atoms. The smallest absolute Gasteiger partial charge is 0.146 e. The number of fused-ring (bicyclic) bond motifs is 1. The number of pyridine rings is 1. The maximum Gasteiger partial charge on any atom is 0.146 e. The van der Waals surface area contributed by atoms with Gasteiger partial charge < -0.3 is 10.6 Å². The number of halogens is 3. The second-order valence-corrected chi connectivity index (χ2v) is 6.41. The number of benzene rings is 2. The Hall–Kier alpha value is -3.24. The molecule has 0 unspecified atom stereocenters. The molecule has 0 fully saturated rings. The van der Waals surface area contributed by atoms with Crippen molar-refractivity contribution < 1.29 is 4.39 Å². The zero-order chi connectivity index (χ0) is 20.1. The number of nitrogens with one attached hydrogen (secondary N) is 2. The lowest BCUT2D eigenvalue weighted by Crippen LogP contribution is -2.09. The van der Waals surface area contributed by atoms with Crippen LogP contribution in [0.4, 0.5) is 21.6 Å². The van der Waals surface area contributed by atoms with Crippen molar-refractivity contribution in [1.29, 1.82) is 5.26 Å². The van der Waals surface area contributed by atoms with Gasteiger partial charge in [0.2, 0.25) is 0 Å². The largest absolute Gasteiger partial charge is 0.369 e. The maximum atomic E-state index is 13.5. The summed E-state index contributed by atoms with van der Waals surface area (Å²) in [6.07, 6.45) is 0. The van der Waals surface area contributed by atoms with Gasteiger partial charge in [-0.3, -0.25) is 0 Å². The van der Waals surface area contributed by atoms with Gasteiger partial charge in [-0.15, -0.1) is 0 Å². The highest BCUT2D eigenvalue weighted by Crippen LogP contribution is 2.36. The topological polar surface area (TPSA) is 110 Å². The SMILES string of the molecule is N#Cc1c(NCCN=[N+]=[N-])nc2c(Cl)cccc2c1Nc1ccc(F)c(Cl)c1. The molecule has 2 N–H and O–H groups in total. The maximum absolute atomic E-state index is 13.5. The van der Waals surface area contributed by atoms with Crippen LogP contribution in [-0.4, -0.2) is 18.1 Å². The molecule has 0 radical (unpaired) electrons. The highest BCUT2D eigenvalue weighted by Gasteiger charge is 2.17. The zero-order valence-corrected chi connectivity index (χ0v) is 15.8. The molecule has 0 saturated heterocycles. The van der Waals surface area contributed by atoms with Crippen LogP contribution in [-0.2, 0) is 0 Å². The predicted octanol–water partition coefficient (Wildman–Crippen LogP) is 6.02. The van der Waals surface area contributed by atoms with E-state index < -0.39 is 5.82 Å². The molecule has 1 heterocycles. The van der Waals surface area contributed by atoms with Gasteiger partial charge in [0.15, 0.2) is 0 Å². The molecule has 28 heavy (non-hydrogen) atoms. The van der Waals surface area contributed by atoms with E-state index in [0.29, 0.717) is 27.3 Å². The van der Waals surface area contributed by atoms with Crippen LogP contribution in [0.5, 0.6) is 0 Å². The van der Waals surface area contributed by atoms with Crippen molar-refractivity contribution in [3.05, 3.63) is 68.3 Å². The van der Waals surface area contributed by atoms with Crippen LogP contribution in [0, 0.1) is 17.1 Å². The molecule has 0 aliphatic heterocycles. The van der Waals surface area contributed by atoms with Gasteiger partial charge in [-0.2, -0.15) is 5.26 Å². The summed E-state index contributed by atoms with van der Waals surface area (Å²) in [6, 6.07) is 11.5. The minimum Gasteiger partial charge on any atom is -0.369 e. The Bertz CT molecular complexity index is 1140. The van der Waals surface area contributed by atoms with Crippen molar-refractivity contribution in [3.63, 3.8) is 0 Å². The van der Waals surface area contributed by atoms with Crippen molar-refractivity contribution in [2.45, 2.75) is 0 Å². The van der Waals surface area contributed by atoms with Crippen LogP contribution in [0.1, 0.15) is 5.56 Å². The minimum atomic E-state index is -0.546. The molecule has 7 nitrogen and oxygen atoms in total. The molecule has 0 aliphatic rings. The van der Waals surface area contributed by atoms with Crippen molar-refractivity contribution in [2.24, 2.45) is 5.11 Å². The molecular formula is C18H12Cl2FN7. The third kappa shape index (κ3) is 4.02. The van der Waals surface area contributed by atoms with Crippen molar-refractivity contribution in [3.8, 4) is 6.07 Å². The van der Waals surface area contributed by atoms with Gasteiger partial charge >= 0.3 is 0 Å². The number of nitriles is 1. The molecule has 0 saturated carbocycles. The highest BCUT2D eigenvalue weighted by molar-refractivity contribution is 6.35. The number of nitrogens with zero attached hydrogens (tertiary/aromatic N) is 5. The van der Waals surface area contributed by atoms with Gasteiger partial charge in [0.1, 0.15) is 23.3 Å². The van der Waals surface area contributed by atoms with E-state index in [1.54, 1.807) is 18.2 Å². The fourth-order valence-corrected chi connectivity index (χ4v) is 3.00. The summed E-state index contributed by atoms with van der Waals surface area (Å²) in [6.45, 7) is 0.462. The summed E-state index contributed by atoms with van der Waals surface area (Å²) in [4.78, 5) is 7.14. The molecule has 2 aromatic carbocycles. The number of hydrogen-bond acceptors (Lipinski definition) is 5. The molecule has 1 aromatic heterocycles. The first kappa shape index (κ1) is 19.5. The second kappa shape index (κ2) is 8.63. The number of rotatable bonds is 6. The van der Waals surface area contributed by atoms with Gasteiger partial charge in [0.05, 0.1) is 21.2 Å². The Morgan fingerprint density at radius 3 is 2.79 bits per heavy atom. The van der Waals surface area contributed by atoms with E-state index in [4.69, 9.17) is 28.7 Å². The third-order valence-electron chi connectivity index (χ3n) is 3.83. The first-order valence-electron chi connectivity index (χ1n) is 8.04. The lowest BCUT2D eigenvalue weighted by molar-refractivity contribution is 0.628. The van der Waals surface area contributed by atoms with Gasteiger partial charge in [-0.25, -0.2) is 9.37 Å². The Labute approximate surface area is 169 Å². The third-order valence-corrected chi connectivity index (χ3v) is 4.43. The van der Waals surface area contributed by atoms with E-state index >= 15 is 0 Å². The summed E-state index contributed by atoms with van der Waals surface area (Å²) in [7, 11) is 0. The molecule has 0 atom stereocenters. The van der Waals surface area contributed by atoms with E-state index in [1.807, 2.05) is 0 Å². The molecule has 140 valence electrons. The lowest BCUT2D eigenvalue weighted by atomic mass is 10.1. The number of anilines is 3. The normalized spacial score (nSPS) is 10.2. The van der Waals surface area contributed by atoms with Crippen molar-refractivity contribution in [1.82, 2.24) is 4.98 Å². The Morgan fingerprint density at radius 1 is 1.25 bits per heavy atom. The number of azide groups is 1. The van der Waals surface area contributed by atoms with E-state index in [-0.39, 0.29) is 29.5 Å². The fourth-order valence-electron chi connectivity index (χ4n) is 2.61. The zero-order valence-electron chi connectivity index (χ0n) is 14.2. The Morgan fingerprint density at radius 2 is 2.07 bits per heavy atom. The molecule has 0 aliphatic carbocycles. The Balaban J connectivity index is 2.14. The fraction of sp³-hybridized carbons (Fsp3) is 0.111. The lowest BCUT2D eigenvalue weighted by Gasteiger charge is -2.16. The highest BCUT2D eigenvalue weighted by atomic mass is 35.5. The van der Waals surface area contributed by atoms with Gasteiger partial charge in [-0.1, -0.05) is 40.4 Å². The van der Waals surface area contributed by atoms with Gasteiger partial charge in [-0.05, 0) is 29.8 Å². The van der Waals surface area contributed by atoms with Gasteiger partial charge in [0.25, 0.3) is 0 Å². The molecule has 0 spiro atoms. The number of aromatic nitrogens is 1. The van der Waals surface area contributed by atoms with Crippen LogP contribution in [0.2, 0.25) is 10.0 Å². The first-order chi connectivity index (χ1) is 13.5. The predicted molar refractivity (Wildman–Crippen MR) is 109 cm³/mol. The van der Waals surface area contributed by atoms with E-state index in [1.165, 1.54) is 18.2 Å². The van der Waals surface area contributed by atoms with Crippen LogP contribution in [0.25, 0.3) is 21.3 Å². The van der Waals surface area contributed by atoms with Crippen LogP contribution in [0.15, 0.2) is 41.5 Å². The summed E-state index contributed by atoms with van der Waals surface area (Å²) < 4.78 is 13.5. The number of hydrogen-bond donors (Lipinski definition) is 2. The van der Waals surface area contributed by atoms with Gasteiger partial charge in [0, 0.05) is 29.1 Å². The van der Waals surface area contributed by atoms with Crippen LogP contribution in [0.3, 0.4) is 0 Å². The minimum absolute atomic E-state index is 0.0485. The van der Waals surface area contributed by atoms with Crippen LogP contribution >= 0.6 is 23.2 Å². The summed E-state index contributed by atoms with van der Waals surface area (Å²) in [5.41, 5.74) is 10.0. The molecule has 10 heteroatoms. The standard InChI is InChI=1S/C18H12Cl2FN7/c19-13-3-1-2-11-16(26-10-4-5-15(21)14(20)8-10)12(9-22)18(27-17(11)13)24-6-7-25-28-23/h1-5,8H,6-7H2,(H2,24,26,27). The molecule has 3 aromatic rings. The summed E-state index contributed by atoms with van der Waals surface area (Å²) >= 11 is 12.2. The Kier molecular flexibility index (Phi) is 6.02.